The highest BCUT2D eigenvalue weighted by molar-refractivity contribution is 5.77. The van der Waals surface area contributed by atoms with Crippen LogP contribution in [0.25, 0.3) is 10.9 Å². The zero-order valence-corrected chi connectivity index (χ0v) is 12.3. The summed E-state index contributed by atoms with van der Waals surface area (Å²) in [5.74, 6) is -1.16. The Hall–Kier alpha value is -2.60. The summed E-state index contributed by atoms with van der Waals surface area (Å²) in [6.45, 7) is 1.48. The minimum absolute atomic E-state index is 0.0640. The second kappa shape index (κ2) is 5.89. The fourth-order valence-corrected chi connectivity index (χ4v) is 2.54. The summed E-state index contributed by atoms with van der Waals surface area (Å²) in [5, 5.41) is 10.6. The first kappa shape index (κ1) is 15.3. The molecule has 1 unspecified atom stereocenters. The minimum atomic E-state index is -1.28. The molecule has 0 aliphatic heterocycles. The number of aliphatic hydroxyl groups is 1. The summed E-state index contributed by atoms with van der Waals surface area (Å²) < 4.78 is 28.0. The summed E-state index contributed by atoms with van der Waals surface area (Å²) in [7, 11) is 0. The number of aryl methyl sites for hydroxylation is 1. The van der Waals surface area contributed by atoms with Gasteiger partial charge < -0.3 is 5.11 Å². The minimum Gasteiger partial charge on any atom is -0.386 e. The molecule has 6 heteroatoms. The number of hydrogen-bond acceptors (Lipinski definition) is 3. The first-order valence-corrected chi connectivity index (χ1v) is 7.06. The largest absolute Gasteiger partial charge is 0.386 e. The monoisotopic (exact) mass is 316 g/mol. The molecule has 0 radical (unpaired) electrons. The summed E-state index contributed by atoms with van der Waals surface area (Å²) in [5.41, 5.74) is 0.189. The molecule has 1 aromatic heterocycles. The number of rotatable bonds is 3. The predicted molar refractivity (Wildman–Crippen MR) is 82.1 cm³/mol. The number of aliphatic hydroxyl groups excluding tert-OH is 1. The molecular formula is C17H14F2N2O2. The average molecular weight is 316 g/mol. The molecule has 3 rings (SSSR count). The SMILES string of the molecule is Cc1nc2ccccc2c(=O)n1CC(O)c1ccc(F)cc1F. The highest BCUT2D eigenvalue weighted by Gasteiger charge is 2.17. The lowest BCUT2D eigenvalue weighted by atomic mass is 10.1. The Bertz CT molecular complexity index is 938. The first-order valence-electron chi connectivity index (χ1n) is 7.06. The molecule has 0 aliphatic carbocycles. The van der Waals surface area contributed by atoms with Gasteiger partial charge in [-0.3, -0.25) is 9.36 Å². The van der Waals surface area contributed by atoms with Crippen LogP contribution in [0.15, 0.2) is 47.3 Å². The number of fused-ring (bicyclic) bond motifs is 1. The van der Waals surface area contributed by atoms with E-state index >= 15 is 0 Å². The molecule has 1 N–H and O–H groups in total. The summed E-state index contributed by atoms with van der Waals surface area (Å²) in [6, 6.07) is 9.81. The van der Waals surface area contributed by atoms with Crippen LogP contribution in [0.3, 0.4) is 0 Å². The molecule has 3 aromatic rings. The van der Waals surface area contributed by atoms with Gasteiger partial charge >= 0.3 is 0 Å². The molecule has 0 bridgehead atoms. The Kier molecular flexibility index (Phi) is 3.92. The number of nitrogens with zero attached hydrogens (tertiary/aromatic N) is 2. The van der Waals surface area contributed by atoms with Gasteiger partial charge in [0.25, 0.3) is 5.56 Å². The lowest BCUT2D eigenvalue weighted by molar-refractivity contribution is 0.149. The van der Waals surface area contributed by atoms with E-state index in [9.17, 15) is 18.7 Å². The van der Waals surface area contributed by atoms with E-state index in [1.165, 1.54) is 10.6 Å². The maximum Gasteiger partial charge on any atom is 0.261 e. The van der Waals surface area contributed by atoms with E-state index in [-0.39, 0.29) is 17.7 Å². The molecule has 23 heavy (non-hydrogen) atoms. The predicted octanol–water partition coefficient (Wildman–Crippen LogP) is 2.72. The van der Waals surface area contributed by atoms with Crippen molar-refractivity contribution in [2.75, 3.05) is 0 Å². The van der Waals surface area contributed by atoms with Gasteiger partial charge in [0.1, 0.15) is 17.5 Å². The third-order valence-electron chi connectivity index (χ3n) is 3.73. The number of para-hydroxylation sites is 1. The van der Waals surface area contributed by atoms with Gasteiger partial charge in [0, 0.05) is 11.6 Å². The van der Waals surface area contributed by atoms with Crippen LogP contribution in [0, 0.1) is 18.6 Å². The van der Waals surface area contributed by atoms with Gasteiger partial charge in [-0.15, -0.1) is 0 Å². The van der Waals surface area contributed by atoms with Gasteiger partial charge in [-0.05, 0) is 25.1 Å². The van der Waals surface area contributed by atoms with E-state index in [1.54, 1.807) is 31.2 Å². The zero-order valence-electron chi connectivity index (χ0n) is 12.3. The quantitative estimate of drug-likeness (QED) is 0.808. The van der Waals surface area contributed by atoms with Crippen molar-refractivity contribution >= 4 is 10.9 Å². The molecular weight excluding hydrogens is 302 g/mol. The second-order valence-electron chi connectivity index (χ2n) is 5.27. The number of aromatic nitrogens is 2. The molecule has 0 spiro atoms. The Labute approximate surface area is 130 Å². The van der Waals surface area contributed by atoms with E-state index in [1.807, 2.05) is 0 Å². The van der Waals surface area contributed by atoms with Gasteiger partial charge in [0.05, 0.1) is 23.6 Å². The second-order valence-corrected chi connectivity index (χ2v) is 5.27. The van der Waals surface area contributed by atoms with Crippen LogP contribution in [0.2, 0.25) is 0 Å². The van der Waals surface area contributed by atoms with Crippen LogP contribution in [0.1, 0.15) is 17.5 Å². The van der Waals surface area contributed by atoms with Crippen molar-refractivity contribution in [3.8, 4) is 0 Å². The van der Waals surface area contributed by atoms with Crippen molar-refractivity contribution in [1.29, 1.82) is 0 Å². The summed E-state index contributed by atoms with van der Waals surface area (Å²) in [6.07, 6.45) is -1.28. The third-order valence-corrected chi connectivity index (χ3v) is 3.73. The third kappa shape index (κ3) is 2.85. The van der Waals surface area contributed by atoms with E-state index in [2.05, 4.69) is 4.98 Å². The molecule has 0 fully saturated rings. The molecule has 1 heterocycles. The average Bonchev–Trinajstić information content (AvgIpc) is 2.51. The Morgan fingerprint density at radius 2 is 1.96 bits per heavy atom. The van der Waals surface area contributed by atoms with Crippen LogP contribution in [-0.4, -0.2) is 14.7 Å². The van der Waals surface area contributed by atoms with Crippen LogP contribution in [0.4, 0.5) is 8.78 Å². The maximum atomic E-state index is 13.8. The summed E-state index contributed by atoms with van der Waals surface area (Å²) in [4.78, 5) is 16.8. The fourth-order valence-electron chi connectivity index (χ4n) is 2.54. The molecule has 0 aliphatic rings. The molecule has 1 atom stereocenters. The van der Waals surface area contributed by atoms with Crippen molar-refractivity contribution in [3.05, 3.63) is 75.8 Å². The van der Waals surface area contributed by atoms with Crippen molar-refractivity contribution in [2.24, 2.45) is 0 Å². The van der Waals surface area contributed by atoms with Crippen molar-refractivity contribution in [3.63, 3.8) is 0 Å². The van der Waals surface area contributed by atoms with E-state index in [4.69, 9.17) is 0 Å². The van der Waals surface area contributed by atoms with Crippen LogP contribution in [-0.2, 0) is 6.54 Å². The number of hydrogen-bond donors (Lipinski definition) is 1. The molecule has 0 amide bonds. The number of halogens is 2. The van der Waals surface area contributed by atoms with E-state index in [0.29, 0.717) is 22.8 Å². The molecule has 2 aromatic carbocycles. The zero-order chi connectivity index (χ0) is 16.6. The Morgan fingerprint density at radius 3 is 2.70 bits per heavy atom. The summed E-state index contributed by atoms with van der Waals surface area (Å²) >= 11 is 0. The van der Waals surface area contributed by atoms with E-state index < -0.39 is 17.7 Å². The van der Waals surface area contributed by atoms with Crippen LogP contribution in [0.5, 0.6) is 0 Å². The highest BCUT2D eigenvalue weighted by Crippen LogP contribution is 2.20. The Morgan fingerprint density at radius 1 is 1.22 bits per heavy atom. The highest BCUT2D eigenvalue weighted by atomic mass is 19.1. The van der Waals surface area contributed by atoms with Crippen LogP contribution < -0.4 is 5.56 Å². The number of benzene rings is 2. The van der Waals surface area contributed by atoms with Gasteiger partial charge in [-0.2, -0.15) is 0 Å². The van der Waals surface area contributed by atoms with Crippen LogP contribution >= 0.6 is 0 Å². The van der Waals surface area contributed by atoms with Gasteiger partial charge in [0.2, 0.25) is 0 Å². The van der Waals surface area contributed by atoms with Crippen molar-refractivity contribution in [2.45, 2.75) is 19.6 Å². The van der Waals surface area contributed by atoms with Gasteiger partial charge in [-0.25, -0.2) is 13.8 Å². The van der Waals surface area contributed by atoms with E-state index in [0.717, 1.165) is 6.07 Å². The standard InChI is InChI=1S/C17H14F2N2O2/c1-10-20-15-5-3-2-4-13(15)17(23)21(10)9-16(22)12-7-6-11(18)8-14(12)19/h2-8,16,22H,9H2,1H3. The Balaban J connectivity index is 2.02. The van der Waals surface area contributed by atoms with Crippen molar-refractivity contribution < 1.29 is 13.9 Å². The normalized spacial score (nSPS) is 12.5. The lowest BCUT2D eigenvalue weighted by Gasteiger charge is -2.16. The molecule has 4 nitrogen and oxygen atoms in total. The van der Waals surface area contributed by atoms with Gasteiger partial charge in [0.15, 0.2) is 0 Å². The van der Waals surface area contributed by atoms with Gasteiger partial charge in [-0.1, -0.05) is 18.2 Å². The fraction of sp³-hybridized carbons (Fsp3) is 0.176. The smallest absolute Gasteiger partial charge is 0.261 e. The topological polar surface area (TPSA) is 55.1 Å². The molecule has 0 saturated carbocycles. The molecule has 0 saturated heterocycles. The maximum absolute atomic E-state index is 13.8. The molecule has 118 valence electrons. The van der Waals surface area contributed by atoms with Crippen molar-refractivity contribution in [1.82, 2.24) is 9.55 Å². The first-order chi connectivity index (χ1) is 11.0. The lowest BCUT2D eigenvalue weighted by Crippen LogP contribution is -2.27.